The highest BCUT2D eigenvalue weighted by molar-refractivity contribution is 6.31. The van der Waals surface area contributed by atoms with Gasteiger partial charge < -0.3 is 21.1 Å². The Bertz CT molecular complexity index is 1870. The molecule has 2 heterocycles. The number of amides is 2. The minimum Gasteiger partial charge on any atom is -0.480 e. The van der Waals surface area contributed by atoms with Crippen molar-refractivity contribution >= 4 is 47.0 Å². The number of carbonyl (C=O) groups excluding carboxylic acids is 2. The molecule has 256 valence electrons. The third kappa shape index (κ3) is 9.21. The molecule has 1 aromatic heterocycles. The van der Waals surface area contributed by atoms with Crippen LogP contribution in [-0.2, 0) is 23.9 Å². The number of piperidine rings is 1. The van der Waals surface area contributed by atoms with Crippen LogP contribution in [0.4, 0.5) is 24.5 Å². The molecular weight excluding hydrogens is 665 g/mol. The van der Waals surface area contributed by atoms with Gasteiger partial charge in [0, 0.05) is 37.0 Å². The molecule has 1 aliphatic heterocycles. The Kier molecular flexibility index (Phi) is 10.9. The number of carbonyl (C=O) groups is 3. The number of nitrogens with one attached hydrogen (secondary N) is 2. The molecule has 49 heavy (non-hydrogen) atoms. The van der Waals surface area contributed by atoms with Crippen molar-refractivity contribution in [3.63, 3.8) is 0 Å². The largest absolute Gasteiger partial charge is 0.480 e. The molecule has 2 amide bonds. The maximum Gasteiger partial charge on any atom is 0.417 e. The van der Waals surface area contributed by atoms with Gasteiger partial charge in [-0.2, -0.15) is 18.3 Å². The van der Waals surface area contributed by atoms with E-state index in [-0.39, 0.29) is 29.8 Å². The fourth-order valence-corrected chi connectivity index (χ4v) is 5.48. The van der Waals surface area contributed by atoms with Gasteiger partial charge in [-0.25, -0.2) is 10.1 Å². The molecule has 3 aromatic carbocycles. The Balaban J connectivity index is 1.33. The summed E-state index contributed by atoms with van der Waals surface area (Å²) >= 11 is 5.70. The molecule has 1 fully saturated rings. The molecule has 0 aliphatic carbocycles. The summed E-state index contributed by atoms with van der Waals surface area (Å²) in [5.41, 5.74) is 9.45. The average Bonchev–Trinajstić information content (AvgIpc) is 3.51. The maximum absolute atomic E-state index is 13.4. The van der Waals surface area contributed by atoms with Crippen molar-refractivity contribution in [2.75, 3.05) is 23.3 Å². The normalized spacial score (nSPS) is 14.1. The second kappa shape index (κ2) is 15.3. The zero-order valence-electron chi connectivity index (χ0n) is 26.0. The summed E-state index contributed by atoms with van der Waals surface area (Å²) in [7, 11) is 0. The second-order valence-corrected chi connectivity index (χ2v) is 11.8. The summed E-state index contributed by atoms with van der Waals surface area (Å²) in [6.07, 6.45) is 1.08. The number of hydrazone groups is 1. The van der Waals surface area contributed by atoms with Gasteiger partial charge in [0.2, 0.25) is 0 Å². The Labute approximate surface area is 283 Å². The van der Waals surface area contributed by atoms with E-state index in [1.165, 1.54) is 10.7 Å². The predicted molar refractivity (Wildman–Crippen MR) is 177 cm³/mol. The number of nitrogens with zero attached hydrogens (tertiary/aromatic N) is 5. The summed E-state index contributed by atoms with van der Waals surface area (Å²) in [5, 5.41) is 23.2. The van der Waals surface area contributed by atoms with Crippen LogP contribution in [0.3, 0.4) is 0 Å². The number of carboxylic acids is 1. The molecule has 5 N–H and O–H groups in total. The van der Waals surface area contributed by atoms with Gasteiger partial charge in [0.1, 0.15) is 6.04 Å². The van der Waals surface area contributed by atoms with E-state index in [0.717, 1.165) is 56.4 Å². The van der Waals surface area contributed by atoms with E-state index in [9.17, 15) is 27.6 Å². The van der Waals surface area contributed by atoms with Crippen molar-refractivity contribution in [1.29, 1.82) is 0 Å². The number of anilines is 2. The Morgan fingerprint density at radius 2 is 1.82 bits per heavy atom. The van der Waals surface area contributed by atoms with Gasteiger partial charge in [-0.3, -0.25) is 14.4 Å². The second-order valence-electron chi connectivity index (χ2n) is 11.4. The lowest BCUT2D eigenvalue weighted by molar-refractivity contribution is -0.139. The zero-order chi connectivity index (χ0) is 35.1. The molecule has 0 bridgehead atoms. The highest BCUT2D eigenvalue weighted by Crippen LogP contribution is 2.35. The number of aliphatic carboxylic acids is 1. The lowest BCUT2D eigenvalue weighted by atomic mass is 10.1. The number of carboxylic acid groups (broad SMARTS) is 1. The molecule has 0 spiro atoms. The first-order chi connectivity index (χ1) is 23.4. The van der Waals surface area contributed by atoms with E-state index in [1.54, 1.807) is 42.6 Å². The summed E-state index contributed by atoms with van der Waals surface area (Å²) in [4.78, 5) is 40.0. The third-order valence-electron chi connectivity index (χ3n) is 7.76. The number of aromatic nitrogens is 3. The van der Waals surface area contributed by atoms with E-state index in [1.807, 2.05) is 6.07 Å². The third-order valence-corrected chi connectivity index (χ3v) is 8.09. The fraction of sp³-hybridized carbons (Fsp3) is 0.273. The van der Waals surface area contributed by atoms with Crippen molar-refractivity contribution in [2.45, 2.75) is 44.4 Å². The SMILES string of the molecule is NC(Cc1cn(Cc2cccc(C(=O)Nc3ccc(N4CCCCC4)cc3C(=O)N/N=C/c3ccc(Cl)c(C(F)(F)F)c3)c2)nn1)C(=O)O. The molecule has 1 unspecified atom stereocenters. The highest BCUT2D eigenvalue weighted by atomic mass is 35.5. The molecule has 0 saturated carbocycles. The number of hydrogen-bond acceptors (Lipinski definition) is 8. The van der Waals surface area contributed by atoms with Gasteiger partial charge in [-0.15, -0.1) is 5.10 Å². The molecule has 16 heteroatoms. The Morgan fingerprint density at radius 1 is 1.04 bits per heavy atom. The van der Waals surface area contributed by atoms with E-state index in [2.05, 4.69) is 31.1 Å². The number of rotatable bonds is 11. The van der Waals surface area contributed by atoms with Crippen LogP contribution >= 0.6 is 11.6 Å². The average molecular weight is 697 g/mol. The van der Waals surface area contributed by atoms with E-state index < -0.39 is 40.6 Å². The predicted octanol–water partition coefficient (Wildman–Crippen LogP) is 4.96. The quantitative estimate of drug-likeness (QED) is 0.126. The molecule has 4 aromatic rings. The lowest BCUT2D eigenvalue weighted by Crippen LogP contribution is -2.32. The molecule has 1 atom stereocenters. The van der Waals surface area contributed by atoms with Crippen molar-refractivity contribution in [3.8, 4) is 0 Å². The smallest absolute Gasteiger partial charge is 0.417 e. The van der Waals surface area contributed by atoms with Gasteiger partial charge in [-0.1, -0.05) is 35.0 Å². The minimum atomic E-state index is -4.66. The van der Waals surface area contributed by atoms with Gasteiger partial charge >= 0.3 is 12.1 Å². The van der Waals surface area contributed by atoms with Gasteiger partial charge in [0.25, 0.3) is 11.8 Å². The van der Waals surface area contributed by atoms with Crippen molar-refractivity contribution in [3.05, 3.63) is 105 Å². The van der Waals surface area contributed by atoms with E-state index in [4.69, 9.17) is 22.4 Å². The summed E-state index contributed by atoms with van der Waals surface area (Å²) in [6, 6.07) is 13.9. The van der Waals surface area contributed by atoms with Gasteiger partial charge in [0.05, 0.1) is 40.3 Å². The standard InChI is InChI=1S/C33H32ClF3N8O4/c34-27-9-7-20(14-26(27)33(35,36)37)17-39-42-31(47)25-16-24(44-11-2-1-3-12-44)8-10-29(25)40-30(46)22-6-4-5-21(13-22)18-45-19-23(41-43-45)15-28(38)32(48)49/h4-10,13-14,16-17,19,28H,1-3,11-12,15,18,38H2,(H,40,46)(H,42,47)(H,48,49)/b39-17+. The van der Waals surface area contributed by atoms with E-state index in [0.29, 0.717) is 16.8 Å². The Morgan fingerprint density at radius 3 is 2.55 bits per heavy atom. The number of halogens is 4. The van der Waals surface area contributed by atoms with Crippen LogP contribution in [0.15, 0.2) is 72.0 Å². The monoisotopic (exact) mass is 696 g/mol. The maximum atomic E-state index is 13.4. The van der Waals surface area contributed by atoms with Crippen LogP contribution in [0.5, 0.6) is 0 Å². The topological polar surface area (TPSA) is 168 Å². The first-order valence-corrected chi connectivity index (χ1v) is 15.6. The van der Waals surface area contributed by atoms with E-state index >= 15 is 0 Å². The molecular formula is C33H32ClF3N8O4. The fourth-order valence-electron chi connectivity index (χ4n) is 5.26. The van der Waals surface area contributed by atoms with Crippen LogP contribution < -0.4 is 21.4 Å². The van der Waals surface area contributed by atoms with Crippen LogP contribution in [0.1, 0.15) is 62.4 Å². The van der Waals surface area contributed by atoms with Crippen LogP contribution in [0.2, 0.25) is 5.02 Å². The number of nitrogens with two attached hydrogens (primary N) is 1. The molecule has 0 radical (unpaired) electrons. The lowest BCUT2D eigenvalue weighted by Gasteiger charge is -2.29. The molecule has 5 rings (SSSR count). The van der Waals surface area contributed by atoms with Crippen molar-refractivity contribution < 1.29 is 32.7 Å². The number of hydrogen-bond donors (Lipinski definition) is 4. The molecule has 1 saturated heterocycles. The van der Waals surface area contributed by atoms with Crippen LogP contribution in [-0.4, -0.2) is 63.2 Å². The summed E-state index contributed by atoms with van der Waals surface area (Å²) < 4.78 is 41.3. The number of benzene rings is 3. The summed E-state index contributed by atoms with van der Waals surface area (Å²) in [6.45, 7) is 1.84. The van der Waals surface area contributed by atoms with Gasteiger partial charge in [0.15, 0.2) is 0 Å². The first-order valence-electron chi connectivity index (χ1n) is 15.2. The minimum absolute atomic E-state index is 0.00959. The highest BCUT2D eigenvalue weighted by Gasteiger charge is 2.33. The van der Waals surface area contributed by atoms with Crippen molar-refractivity contribution in [1.82, 2.24) is 20.4 Å². The van der Waals surface area contributed by atoms with Crippen molar-refractivity contribution in [2.24, 2.45) is 10.8 Å². The summed E-state index contributed by atoms with van der Waals surface area (Å²) in [5.74, 6) is -2.34. The van der Waals surface area contributed by atoms with Crippen LogP contribution in [0, 0.1) is 0 Å². The molecule has 1 aliphatic rings. The number of alkyl halides is 3. The molecule has 12 nitrogen and oxygen atoms in total. The zero-order valence-corrected chi connectivity index (χ0v) is 26.7. The first kappa shape index (κ1) is 35.0. The van der Waals surface area contributed by atoms with Gasteiger partial charge in [-0.05, 0) is 72.9 Å². The van der Waals surface area contributed by atoms with Crippen LogP contribution in [0.25, 0.3) is 0 Å². The Hall–Kier alpha value is -5.28.